The van der Waals surface area contributed by atoms with Crippen LogP contribution in [-0.4, -0.2) is 39.4 Å². The normalized spacial score (nSPS) is 10.2. The van der Waals surface area contributed by atoms with Gasteiger partial charge in [0.25, 0.3) is 0 Å². The lowest BCUT2D eigenvalue weighted by molar-refractivity contribution is -0.121. The van der Waals surface area contributed by atoms with Crippen LogP contribution in [0.15, 0.2) is 0 Å². The fourth-order valence-corrected chi connectivity index (χ4v) is 2.84. The summed E-state index contributed by atoms with van der Waals surface area (Å²) < 4.78 is 0. The van der Waals surface area contributed by atoms with Crippen LogP contribution < -0.4 is 11.1 Å². The van der Waals surface area contributed by atoms with Crippen molar-refractivity contribution in [3.63, 3.8) is 0 Å². The number of aryl methyl sites for hydroxylation is 1. The molecule has 2 amide bonds. The van der Waals surface area contributed by atoms with E-state index in [1.54, 1.807) is 6.92 Å². The van der Waals surface area contributed by atoms with Crippen molar-refractivity contribution in [3.8, 4) is 0 Å². The molecule has 0 aromatic carbocycles. The molecular formula is C11H15N3O4S2. The molecule has 0 aliphatic carbocycles. The van der Waals surface area contributed by atoms with E-state index < -0.39 is 11.9 Å². The second-order valence-electron chi connectivity index (χ2n) is 3.87. The van der Waals surface area contributed by atoms with E-state index >= 15 is 0 Å². The minimum absolute atomic E-state index is 0.174. The lowest BCUT2D eigenvalue weighted by Gasteiger charge is -2.02. The second-order valence-corrected chi connectivity index (χ2v) is 6.06. The number of aromatic nitrogens is 1. The summed E-state index contributed by atoms with van der Waals surface area (Å²) in [6.07, 6.45) is 0.272. The van der Waals surface area contributed by atoms with Crippen molar-refractivity contribution in [1.82, 2.24) is 10.3 Å². The van der Waals surface area contributed by atoms with E-state index in [9.17, 15) is 14.4 Å². The van der Waals surface area contributed by atoms with E-state index in [1.807, 2.05) is 0 Å². The van der Waals surface area contributed by atoms with Gasteiger partial charge in [0, 0.05) is 12.2 Å². The molecule has 0 radical (unpaired) electrons. The van der Waals surface area contributed by atoms with Crippen molar-refractivity contribution >= 4 is 40.9 Å². The molecule has 0 saturated carbocycles. The number of carboxylic acid groups (broad SMARTS) is 1. The average molecular weight is 317 g/mol. The number of thioether (sulfide) groups is 1. The third-order valence-corrected chi connectivity index (χ3v) is 4.32. The Kier molecular flexibility index (Phi) is 6.46. The van der Waals surface area contributed by atoms with Crippen LogP contribution in [-0.2, 0) is 16.1 Å². The summed E-state index contributed by atoms with van der Waals surface area (Å²) in [6.45, 7) is 1.82. The maximum absolute atomic E-state index is 11.5. The largest absolute Gasteiger partial charge is 0.477 e. The molecule has 0 fully saturated rings. The van der Waals surface area contributed by atoms with Crippen molar-refractivity contribution in [2.24, 2.45) is 5.73 Å². The Labute approximate surface area is 124 Å². The predicted octanol–water partition coefficient (Wildman–Crippen LogP) is 0.375. The van der Waals surface area contributed by atoms with Crippen molar-refractivity contribution in [1.29, 1.82) is 0 Å². The topological polar surface area (TPSA) is 122 Å². The summed E-state index contributed by atoms with van der Waals surface area (Å²) in [5.74, 6) is -0.894. The monoisotopic (exact) mass is 317 g/mol. The third-order valence-electron chi connectivity index (χ3n) is 2.19. The highest BCUT2D eigenvalue weighted by atomic mass is 32.2. The van der Waals surface area contributed by atoms with Gasteiger partial charge in [0.2, 0.25) is 11.8 Å². The molecule has 7 nitrogen and oxygen atoms in total. The van der Waals surface area contributed by atoms with Crippen molar-refractivity contribution in [2.75, 3.05) is 11.5 Å². The molecule has 1 rings (SSSR count). The lowest BCUT2D eigenvalue weighted by Crippen LogP contribution is -2.23. The quantitative estimate of drug-likeness (QED) is 0.596. The van der Waals surface area contributed by atoms with Crippen LogP contribution in [0.2, 0.25) is 0 Å². The van der Waals surface area contributed by atoms with Crippen LogP contribution >= 0.6 is 23.1 Å². The van der Waals surface area contributed by atoms with E-state index in [4.69, 9.17) is 10.8 Å². The number of nitrogens with one attached hydrogen (secondary N) is 1. The first-order valence-electron chi connectivity index (χ1n) is 5.72. The van der Waals surface area contributed by atoms with Gasteiger partial charge in [-0.15, -0.1) is 11.3 Å². The highest BCUT2D eigenvalue weighted by Gasteiger charge is 2.14. The molecular weight excluding hydrogens is 302 g/mol. The first kappa shape index (κ1) is 16.4. The molecule has 0 unspecified atom stereocenters. The maximum Gasteiger partial charge on any atom is 0.347 e. The van der Waals surface area contributed by atoms with E-state index in [0.717, 1.165) is 11.3 Å². The molecule has 0 atom stereocenters. The fraction of sp³-hybridized carbons (Fsp3) is 0.455. The summed E-state index contributed by atoms with van der Waals surface area (Å²) in [4.78, 5) is 37.1. The molecule has 4 N–H and O–H groups in total. The van der Waals surface area contributed by atoms with Gasteiger partial charge in [-0.3, -0.25) is 9.59 Å². The van der Waals surface area contributed by atoms with Gasteiger partial charge in [-0.05, 0) is 6.92 Å². The molecule has 1 aromatic rings. The molecule has 0 saturated heterocycles. The van der Waals surface area contributed by atoms with Gasteiger partial charge in [-0.25, -0.2) is 9.78 Å². The number of primary amides is 1. The minimum Gasteiger partial charge on any atom is -0.477 e. The van der Waals surface area contributed by atoms with Gasteiger partial charge >= 0.3 is 5.97 Å². The van der Waals surface area contributed by atoms with Gasteiger partial charge in [0.1, 0.15) is 9.88 Å². The van der Waals surface area contributed by atoms with Gasteiger partial charge in [0.05, 0.1) is 18.0 Å². The maximum atomic E-state index is 11.5. The Hall–Kier alpha value is -1.61. The van der Waals surface area contributed by atoms with Crippen LogP contribution in [0.5, 0.6) is 0 Å². The zero-order valence-corrected chi connectivity index (χ0v) is 12.5. The minimum atomic E-state index is -1.01. The molecule has 110 valence electrons. The van der Waals surface area contributed by atoms with E-state index in [1.165, 1.54) is 11.8 Å². The molecule has 20 heavy (non-hydrogen) atoms. The number of hydrogen-bond donors (Lipinski definition) is 3. The van der Waals surface area contributed by atoms with E-state index in [0.29, 0.717) is 16.5 Å². The highest BCUT2D eigenvalue weighted by Crippen LogP contribution is 2.17. The van der Waals surface area contributed by atoms with Gasteiger partial charge < -0.3 is 16.2 Å². The fourth-order valence-electron chi connectivity index (χ4n) is 1.33. The van der Waals surface area contributed by atoms with Gasteiger partial charge in [-0.1, -0.05) is 0 Å². The zero-order valence-electron chi connectivity index (χ0n) is 10.8. The predicted molar refractivity (Wildman–Crippen MR) is 76.8 cm³/mol. The van der Waals surface area contributed by atoms with Gasteiger partial charge in [-0.2, -0.15) is 11.8 Å². The Morgan fingerprint density at radius 1 is 1.45 bits per heavy atom. The summed E-state index contributed by atoms with van der Waals surface area (Å²) in [5, 5.41) is 12.1. The molecule has 1 aromatic heterocycles. The molecule has 0 aliphatic rings. The van der Waals surface area contributed by atoms with Crippen LogP contribution in [0.3, 0.4) is 0 Å². The first-order chi connectivity index (χ1) is 9.40. The lowest BCUT2D eigenvalue weighted by atomic mass is 10.4. The number of rotatable bonds is 8. The van der Waals surface area contributed by atoms with Crippen molar-refractivity contribution in [2.45, 2.75) is 19.9 Å². The standard InChI is InChI=1S/C11H15N3O4S2/c1-6-10(11(17)18)20-9(14-6)4-13-8(16)2-3-19-5-7(12)15/h2-5H2,1H3,(H2,12,15)(H,13,16)(H,17,18). The molecule has 1 heterocycles. The molecule has 0 spiro atoms. The average Bonchev–Trinajstić information content (AvgIpc) is 2.73. The number of aromatic carboxylic acids is 1. The SMILES string of the molecule is Cc1nc(CNC(=O)CCSCC(N)=O)sc1C(=O)O. The molecule has 9 heteroatoms. The summed E-state index contributed by atoms with van der Waals surface area (Å²) in [7, 11) is 0. The Morgan fingerprint density at radius 2 is 2.15 bits per heavy atom. The number of nitrogens with two attached hydrogens (primary N) is 1. The van der Waals surface area contributed by atoms with Crippen LogP contribution in [0, 0.1) is 6.92 Å². The second kappa shape index (κ2) is 7.85. The van der Waals surface area contributed by atoms with Crippen LogP contribution in [0.25, 0.3) is 0 Å². The summed E-state index contributed by atoms with van der Waals surface area (Å²) in [5.41, 5.74) is 5.42. The van der Waals surface area contributed by atoms with Crippen LogP contribution in [0.4, 0.5) is 0 Å². The summed E-state index contributed by atoms with van der Waals surface area (Å²) in [6, 6.07) is 0. The third kappa shape index (κ3) is 5.57. The number of hydrogen-bond acceptors (Lipinski definition) is 6. The van der Waals surface area contributed by atoms with E-state index in [-0.39, 0.29) is 29.5 Å². The van der Waals surface area contributed by atoms with Crippen LogP contribution in [0.1, 0.15) is 26.8 Å². The number of carbonyl (C=O) groups is 3. The smallest absolute Gasteiger partial charge is 0.347 e. The Morgan fingerprint density at radius 3 is 2.70 bits per heavy atom. The number of carboxylic acids is 1. The van der Waals surface area contributed by atoms with Gasteiger partial charge in [0.15, 0.2) is 0 Å². The highest BCUT2D eigenvalue weighted by molar-refractivity contribution is 7.99. The van der Waals surface area contributed by atoms with Crippen molar-refractivity contribution < 1.29 is 19.5 Å². The molecule has 0 bridgehead atoms. The summed E-state index contributed by atoms with van der Waals surface area (Å²) >= 11 is 2.35. The number of nitrogens with zero attached hydrogens (tertiary/aromatic N) is 1. The Balaban J connectivity index is 2.32. The number of thiazole rings is 1. The zero-order chi connectivity index (χ0) is 15.1. The molecule has 0 aliphatic heterocycles. The Bertz CT molecular complexity index is 516. The van der Waals surface area contributed by atoms with E-state index in [2.05, 4.69) is 10.3 Å². The first-order valence-corrected chi connectivity index (χ1v) is 7.69. The number of amides is 2. The van der Waals surface area contributed by atoms with Crippen molar-refractivity contribution in [3.05, 3.63) is 15.6 Å². The number of carbonyl (C=O) groups excluding carboxylic acids is 2.